The van der Waals surface area contributed by atoms with Gasteiger partial charge in [0.15, 0.2) is 0 Å². The fourth-order valence-electron chi connectivity index (χ4n) is 2.02. The van der Waals surface area contributed by atoms with Crippen molar-refractivity contribution in [2.75, 3.05) is 0 Å². The fourth-order valence-corrected chi connectivity index (χ4v) is 2.02. The van der Waals surface area contributed by atoms with Crippen molar-refractivity contribution in [3.63, 3.8) is 0 Å². The number of hydrogen-bond donors (Lipinski definition) is 1. The molecule has 1 unspecified atom stereocenters. The lowest BCUT2D eigenvalue weighted by atomic mass is 9.94. The third-order valence-electron chi connectivity index (χ3n) is 2.58. The molecule has 1 fully saturated rings. The molecule has 3 nitrogen and oxygen atoms in total. The topological polar surface area (TPSA) is 38.3 Å². The highest BCUT2D eigenvalue weighted by Gasteiger charge is 2.46. The predicted molar refractivity (Wildman–Crippen MR) is 56.0 cm³/mol. The van der Waals surface area contributed by atoms with Crippen LogP contribution in [0.5, 0.6) is 0 Å². The van der Waals surface area contributed by atoms with E-state index in [1.807, 2.05) is 27.7 Å². The molecule has 1 aliphatic heterocycles. The van der Waals surface area contributed by atoms with Gasteiger partial charge in [0.05, 0.1) is 17.2 Å². The van der Waals surface area contributed by atoms with Crippen molar-refractivity contribution < 1.29 is 9.53 Å². The molecule has 0 saturated carbocycles. The molecule has 0 bridgehead atoms. The number of ether oxygens (including phenoxy) is 1. The predicted octanol–water partition coefficient (Wildman–Crippen LogP) is 1.63. The van der Waals surface area contributed by atoms with Crippen LogP contribution in [0.25, 0.3) is 0 Å². The van der Waals surface area contributed by atoms with Crippen LogP contribution in [0.15, 0.2) is 12.7 Å². The van der Waals surface area contributed by atoms with E-state index in [9.17, 15) is 4.79 Å². The summed E-state index contributed by atoms with van der Waals surface area (Å²) < 4.78 is 5.85. The van der Waals surface area contributed by atoms with Crippen LogP contribution in [0.3, 0.4) is 0 Å². The van der Waals surface area contributed by atoms with Crippen LogP contribution in [0.2, 0.25) is 0 Å². The molecule has 0 aliphatic carbocycles. The summed E-state index contributed by atoms with van der Waals surface area (Å²) in [5.74, 6) is -0.135. The first-order valence-corrected chi connectivity index (χ1v) is 4.90. The lowest BCUT2D eigenvalue weighted by Gasteiger charge is -2.27. The highest BCUT2D eigenvalue weighted by molar-refractivity contribution is 5.87. The van der Waals surface area contributed by atoms with Gasteiger partial charge in [-0.15, -0.1) is 0 Å². The SMILES string of the molecule is C=CC(=O)NC1CC(C)(C)OC1(C)C. The highest BCUT2D eigenvalue weighted by Crippen LogP contribution is 2.37. The van der Waals surface area contributed by atoms with E-state index in [1.54, 1.807) is 0 Å². The van der Waals surface area contributed by atoms with Gasteiger partial charge in [0.1, 0.15) is 0 Å². The summed E-state index contributed by atoms with van der Waals surface area (Å²) in [6.07, 6.45) is 2.13. The van der Waals surface area contributed by atoms with Crippen molar-refractivity contribution in [2.24, 2.45) is 0 Å². The van der Waals surface area contributed by atoms with E-state index in [0.717, 1.165) is 6.42 Å². The molecule has 0 spiro atoms. The van der Waals surface area contributed by atoms with Gasteiger partial charge in [-0.3, -0.25) is 4.79 Å². The molecular weight excluding hydrogens is 178 g/mol. The second kappa shape index (κ2) is 3.39. The van der Waals surface area contributed by atoms with Crippen molar-refractivity contribution in [1.29, 1.82) is 0 Å². The lowest BCUT2D eigenvalue weighted by Crippen LogP contribution is -2.45. The Balaban J connectivity index is 2.70. The second-order valence-corrected chi connectivity index (χ2v) is 4.93. The molecule has 1 aliphatic rings. The Bertz CT molecular complexity index is 256. The maximum absolute atomic E-state index is 11.2. The Morgan fingerprint density at radius 3 is 2.43 bits per heavy atom. The Hall–Kier alpha value is -0.830. The van der Waals surface area contributed by atoms with E-state index in [2.05, 4.69) is 11.9 Å². The zero-order valence-corrected chi connectivity index (χ0v) is 9.39. The summed E-state index contributed by atoms with van der Waals surface area (Å²) in [6, 6.07) is 0.0583. The van der Waals surface area contributed by atoms with Gasteiger partial charge in [-0.05, 0) is 40.2 Å². The summed E-state index contributed by atoms with van der Waals surface area (Å²) in [5, 5.41) is 2.89. The second-order valence-electron chi connectivity index (χ2n) is 4.93. The first kappa shape index (κ1) is 11.2. The average molecular weight is 197 g/mol. The van der Waals surface area contributed by atoms with E-state index in [4.69, 9.17) is 4.74 Å². The molecule has 0 radical (unpaired) electrons. The molecule has 14 heavy (non-hydrogen) atoms. The molecule has 0 aromatic rings. The highest BCUT2D eigenvalue weighted by atomic mass is 16.5. The van der Waals surface area contributed by atoms with Gasteiger partial charge in [0.2, 0.25) is 5.91 Å². The standard InChI is InChI=1S/C11H19NO2/c1-6-9(13)12-8-7-10(2,3)14-11(8,4)5/h6,8H,1,7H2,2-5H3,(H,12,13). The van der Waals surface area contributed by atoms with Crippen molar-refractivity contribution >= 4 is 5.91 Å². The monoisotopic (exact) mass is 197 g/mol. The normalized spacial score (nSPS) is 28.4. The smallest absolute Gasteiger partial charge is 0.243 e. The Morgan fingerprint density at radius 2 is 2.07 bits per heavy atom. The average Bonchev–Trinajstić information content (AvgIpc) is 2.19. The van der Waals surface area contributed by atoms with Crippen LogP contribution in [0.1, 0.15) is 34.1 Å². The van der Waals surface area contributed by atoms with E-state index in [0.29, 0.717) is 0 Å². The van der Waals surface area contributed by atoms with Gasteiger partial charge < -0.3 is 10.1 Å². The van der Waals surface area contributed by atoms with Gasteiger partial charge in [0, 0.05) is 0 Å². The Kier molecular flexibility index (Phi) is 2.72. The van der Waals surface area contributed by atoms with Gasteiger partial charge in [-0.2, -0.15) is 0 Å². The Labute approximate surface area is 85.5 Å². The maximum Gasteiger partial charge on any atom is 0.243 e. The Morgan fingerprint density at radius 1 is 1.50 bits per heavy atom. The minimum absolute atomic E-state index is 0.0583. The van der Waals surface area contributed by atoms with Crippen molar-refractivity contribution in [2.45, 2.75) is 51.4 Å². The molecule has 1 saturated heterocycles. The summed E-state index contributed by atoms with van der Waals surface area (Å²) in [4.78, 5) is 11.2. The molecule has 3 heteroatoms. The molecule has 80 valence electrons. The van der Waals surface area contributed by atoms with Crippen molar-refractivity contribution in [1.82, 2.24) is 5.32 Å². The van der Waals surface area contributed by atoms with Crippen LogP contribution in [-0.4, -0.2) is 23.2 Å². The zero-order chi connectivity index (χ0) is 11.0. The van der Waals surface area contributed by atoms with Crippen LogP contribution in [0.4, 0.5) is 0 Å². The molecule has 1 heterocycles. The number of carbonyl (C=O) groups excluding carboxylic acids is 1. The molecule has 1 amide bonds. The van der Waals surface area contributed by atoms with Crippen LogP contribution in [0, 0.1) is 0 Å². The van der Waals surface area contributed by atoms with Gasteiger partial charge in [0.25, 0.3) is 0 Å². The number of rotatable bonds is 2. The molecule has 0 aromatic carbocycles. The minimum atomic E-state index is -0.303. The number of carbonyl (C=O) groups is 1. The largest absolute Gasteiger partial charge is 0.367 e. The summed E-state index contributed by atoms with van der Waals surface area (Å²) in [5.41, 5.74) is -0.467. The molecule has 1 rings (SSSR count). The van der Waals surface area contributed by atoms with Crippen LogP contribution >= 0.6 is 0 Å². The van der Waals surface area contributed by atoms with Crippen LogP contribution < -0.4 is 5.32 Å². The number of nitrogens with one attached hydrogen (secondary N) is 1. The van der Waals surface area contributed by atoms with E-state index >= 15 is 0 Å². The third kappa shape index (κ3) is 2.35. The summed E-state index contributed by atoms with van der Waals surface area (Å²) >= 11 is 0. The van der Waals surface area contributed by atoms with E-state index in [1.165, 1.54) is 6.08 Å². The van der Waals surface area contributed by atoms with Crippen LogP contribution in [-0.2, 0) is 9.53 Å². The summed E-state index contributed by atoms with van der Waals surface area (Å²) in [6.45, 7) is 11.5. The molecule has 0 aromatic heterocycles. The molecule has 1 atom stereocenters. The number of amides is 1. The summed E-state index contributed by atoms with van der Waals surface area (Å²) in [7, 11) is 0. The first-order valence-electron chi connectivity index (χ1n) is 4.90. The van der Waals surface area contributed by atoms with E-state index < -0.39 is 0 Å². The van der Waals surface area contributed by atoms with Gasteiger partial charge in [-0.25, -0.2) is 0 Å². The fraction of sp³-hybridized carbons (Fsp3) is 0.727. The van der Waals surface area contributed by atoms with Gasteiger partial charge in [-0.1, -0.05) is 6.58 Å². The quantitative estimate of drug-likeness (QED) is 0.683. The minimum Gasteiger partial charge on any atom is -0.367 e. The maximum atomic E-state index is 11.2. The number of hydrogen-bond acceptors (Lipinski definition) is 2. The zero-order valence-electron chi connectivity index (χ0n) is 9.39. The third-order valence-corrected chi connectivity index (χ3v) is 2.58. The van der Waals surface area contributed by atoms with Crippen molar-refractivity contribution in [3.05, 3.63) is 12.7 Å². The van der Waals surface area contributed by atoms with Gasteiger partial charge >= 0.3 is 0 Å². The van der Waals surface area contributed by atoms with Crippen molar-refractivity contribution in [3.8, 4) is 0 Å². The molecule has 1 N–H and O–H groups in total. The molecular formula is C11H19NO2. The van der Waals surface area contributed by atoms with E-state index in [-0.39, 0.29) is 23.2 Å². The first-order chi connectivity index (χ1) is 6.27. The lowest BCUT2D eigenvalue weighted by molar-refractivity contribution is -0.119.